The Labute approximate surface area is 195 Å². The molecule has 34 heavy (non-hydrogen) atoms. The minimum atomic E-state index is -0.735. The van der Waals surface area contributed by atoms with E-state index in [-0.39, 0.29) is 23.7 Å². The van der Waals surface area contributed by atoms with Crippen molar-refractivity contribution >= 4 is 23.6 Å². The lowest BCUT2D eigenvalue weighted by Crippen LogP contribution is -2.32. The molecular weight excluding hydrogens is 442 g/mol. The van der Waals surface area contributed by atoms with Crippen molar-refractivity contribution in [2.24, 2.45) is 0 Å². The summed E-state index contributed by atoms with van der Waals surface area (Å²) in [7, 11) is 2.11. The molecule has 1 fully saturated rings. The monoisotopic (exact) mass is 466 g/mol. The van der Waals surface area contributed by atoms with Gasteiger partial charge in [-0.15, -0.1) is 0 Å². The predicted molar refractivity (Wildman–Crippen MR) is 124 cm³/mol. The fourth-order valence-electron chi connectivity index (χ4n) is 3.66. The highest BCUT2D eigenvalue weighted by atomic mass is 19.1. The average molecular weight is 466 g/mol. The number of rotatable bonds is 4. The van der Waals surface area contributed by atoms with Crippen molar-refractivity contribution in [2.75, 3.05) is 38.7 Å². The second-order valence-corrected chi connectivity index (χ2v) is 7.94. The van der Waals surface area contributed by atoms with E-state index < -0.39 is 11.6 Å². The maximum absolute atomic E-state index is 14.2. The van der Waals surface area contributed by atoms with E-state index >= 15 is 0 Å². The largest absolute Gasteiger partial charge is 0.379 e. The second-order valence-electron chi connectivity index (χ2n) is 7.94. The highest BCUT2D eigenvalue weighted by Crippen LogP contribution is 2.33. The molecule has 3 aromatic rings. The number of nitrogens with one attached hydrogen (secondary N) is 2. The van der Waals surface area contributed by atoms with Gasteiger partial charge in [-0.05, 0) is 49.5 Å². The molecule has 0 bridgehead atoms. The molecule has 3 heterocycles. The molecule has 0 atom stereocenters. The number of ether oxygens (including phenoxy) is 1. The molecule has 7 nitrogen and oxygen atoms in total. The van der Waals surface area contributed by atoms with Crippen LogP contribution in [0.3, 0.4) is 0 Å². The third kappa shape index (κ3) is 5.27. The molecule has 2 N–H and O–H groups in total. The zero-order chi connectivity index (χ0) is 24.1. The van der Waals surface area contributed by atoms with Gasteiger partial charge in [-0.25, -0.2) is 13.8 Å². The molecule has 0 spiro atoms. The van der Waals surface area contributed by atoms with Gasteiger partial charge in [0.25, 0.3) is 5.91 Å². The number of carbonyl (C=O) groups excluding carboxylic acids is 2. The van der Waals surface area contributed by atoms with Gasteiger partial charge in [-0.3, -0.25) is 9.59 Å². The van der Waals surface area contributed by atoms with Gasteiger partial charge >= 0.3 is 0 Å². The van der Waals surface area contributed by atoms with Crippen molar-refractivity contribution in [3.05, 3.63) is 77.0 Å². The number of halogens is 2. The van der Waals surface area contributed by atoms with Gasteiger partial charge < -0.3 is 20.3 Å². The molecule has 9 heteroatoms. The van der Waals surface area contributed by atoms with Crippen molar-refractivity contribution in [3.8, 4) is 11.3 Å². The molecule has 0 aliphatic carbocycles. The summed E-state index contributed by atoms with van der Waals surface area (Å²) < 4.78 is 33.5. The van der Waals surface area contributed by atoms with E-state index in [4.69, 9.17) is 4.74 Å². The normalized spacial score (nSPS) is 15.1. The topological polar surface area (TPSA) is 83.6 Å². The van der Waals surface area contributed by atoms with Crippen molar-refractivity contribution in [2.45, 2.75) is 6.54 Å². The van der Waals surface area contributed by atoms with E-state index in [9.17, 15) is 18.4 Å². The van der Waals surface area contributed by atoms with Gasteiger partial charge in [0, 0.05) is 24.3 Å². The number of aromatic nitrogens is 1. The van der Waals surface area contributed by atoms with Crippen LogP contribution in [-0.2, 0) is 11.3 Å². The summed E-state index contributed by atoms with van der Waals surface area (Å²) in [5.74, 6) is -1.79. The molecule has 176 valence electrons. The predicted octanol–water partition coefficient (Wildman–Crippen LogP) is 3.77. The Morgan fingerprint density at radius 3 is 2.32 bits per heavy atom. The van der Waals surface area contributed by atoms with Crippen LogP contribution in [-0.4, -0.2) is 55.4 Å². The summed E-state index contributed by atoms with van der Waals surface area (Å²) in [6.07, 6.45) is 0.723. The van der Waals surface area contributed by atoms with E-state index in [0.717, 1.165) is 44.7 Å². The molecule has 1 amide bonds. The number of pyridine rings is 1. The molecule has 0 unspecified atom stereocenters. The van der Waals surface area contributed by atoms with Gasteiger partial charge in [-0.2, -0.15) is 0 Å². The highest BCUT2D eigenvalue weighted by molar-refractivity contribution is 6.04. The number of likely N-dealkylation sites (N-methyl/N-ethyl adjacent to an activating group) is 1. The number of benzene rings is 2. The van der Waals surface area contributed by atoms with Crippen molar-refractivity contribution in [1.82, 2.24) is 15.2 Å². The SMILES string of the molecule is CN1CCOCC1.O=Cc1ccc(Nc2cc(-c3c(F)cccc3F)nc3c2C(=O)NC3)cc1. The van der Waals surface area contributed by atoms with Gasteiger partial charge in [0.05, 0.1) is 48.0 Å². The lowest BCUT2D eigenvalue weighted by Gasteiger charge is -2.21. The number of morpholine rings is 1. The molecule has 2 aliphatic heterocycles. The number of aldehydes is 1. The van der Waals surface area contributed by atoms with Crippen molar-refractivity contribution < 1.29 is 23.1 Å². The zero-order valence-corrected chi connectivity index (χ0v) is 18.6. The first-order valence-corrected chi connectivity index (χ1v) is 10.8. The van der Waals surface area contributed by atoms with E-state index in [1.807, 2.05) is 0 Å². The number of nitrogens with zero attached hydrogens (tertiary/aromatic N) is 2. The third-order valence-electron chi connectivity index (χ3n) is 5.52. The van der Waals surface area contributed by atoms with Crippen LogP contribution in [0.4, 0.5) is 20.2 Å². The molecule has 2 aliphatic rings. The number of hydrogen-bond acceptors (Lipinski definition) is 6. The summed E-state index contributed by atoms with van der Waals surface area (Å²) in [6, 6.07) is 11.6. The van der Waals surface area contributed by atoms with Crippen molar-refractivity contribution in [3.63, 3.8) is 0 Å². The van der Waals surface area contributed by atoms with Crippen LogP contribution >= 0.6 is 0 Å². The van der Waals surface area contributed by atoms with Crippen molar-refractivity contribution in [1.29, 1.82) is 0 Å². The molecule has 5 rings (SSSR count). The van der Waals surface area contributed by atoms with Crippen LogP contribution in [0, 0.1) is 11.6 Å². The summed E-state index contributed by atoms with van der Waals surface area (Å²) in [6.45, 7) is 4.20. The number of amides is 1. The minimum Gasteiger partial charge on any atom is -0.379 e. The lowest BCUT2D eigenvalue weighted by atomic mass is 10.1. The first kappa shape index (κ1) is 23.5. The third-order valence-corrected chi connectivity index (χ3v) is 5.52. The van der Waals surface area contributed by atoms with Crippen LogP contribution in [0.25, 0.3) is 11.3 Å². The number of fused-ring (bicyclic) bond motifs is 1. The number of anilines is 2. The van der Waals surface area contributed by atoms with Gasteiger partial charge in [0.15, 0.2) is 0 Å². The molecule has 1 aromatic heterocycles. The molecular formula is C25H24F2N4O3. The number of hydrogen-bond donors (Lipinski definition) is 2. The van der Waals surface area contributed by atoms with Gasteiger partial charge in [0.1, 0.15) is 17.9 Å². The summed E-state index contributed by atoms with van der Waals surface area (Å²) in [5, 5.41) is 5.74. The molecule has 2 aromatic carbocycles. The van der Waals surface area contributed by atoms with Crippen LogP contribution < -0.4 is 10.6 Å². The first-order valence-electron chi connectivity index (χ1n) is 10.8. The Hall–Kier alpha value is -3.69. The maximum atomic E-state index is 14.2. The van der Waals surface area contributed by atoms with E-state index in [1.165, 1.54) is 12.1 Å². The minimum absolute atomic E-state index is 0.0906. The van der Waals surface area contributed by atoms with Crippen LogP contribution in [0.5, 0.6) is 0 Å². The van der Waals surface area contributed by atoms with Crippen LogP contribution in [0.1, 0.15) is 26.4 Å². The maximum Gasteiger partial charge on any atom is 0.255 e. The van der Waals surface area contributed by atoms with E-state index in [0.29, 0.717) is 28.2 Å². The quantitative estimate of drug-likeness (QED) is 0.570. The second kappa shape index (κ2) is 10.5. The molecule has 0 radical (unpaired) electrons. The first-order chi connectivity index (χ1) is 16.5. The fourth-order valence-corrected chi connectivity index (χ4v) is 3.66. The Morgan fingerprint density at radius 1 is 1.06 bits per heavy atom. The Bertz CT molecular complexity index is 1180. The summed E-state index contributed by atoms with van der Waals surface area (Å²) >= 11 is 0. The zero-order valence-electron chi connectivity index (χ0n) is 18.6. The summed E-state index contributed by atoms with van der Waals surface area (Å²) in [4.78, 5) is 29.5. The smallest absolute Gasteiger partial charge is 0.255 e. The summed E-state index contributed by atoms with van der Waals surface area (Å²) in [5.41, 5.74) is 2.08. The van der Waals surface area contributed by atoms with E-state index in [1.54, 1.807) is 24.3 Å². The fraction of sp³-hybridized carbons (Fsp3) is 0.240. The standard InChI is InChI=1S/C20H13F2N3O2.C5H11NO/c21-13-2-1-3-14(22)18(13)15-8-16(19-17(25-15)9-23-20(19)27)24-12-6-4-11(10-26)5-7-12;1-6-2-4-7-5-3-6/h1-8,10H,9H2,(H,23,27)(H,24,25);2-5H2,1H3. The van der Waals surface area contributed by atoms with Gasteiger partial charge in [0.2, 0.25) is 0 Å². The Balaban J connectivity index is 0.000000336. The number of carbonyl (C=O) groups is 2. The van der Waals surface area contributed by atoms with Gasteiger partial charge in [-0.1, -0.05) is 6.07 Å². The van der Waals surface area contributed by atoms with Crippen LogP contribution in [0.2, 0.25) is 0 Å². The van der Waals surface area contributed by atoms with E-state index in [2.05, 4.69) is 27.6 Å². The average Bonchev–Trinajstić information content (AvgIpc) is 3.21. The molecule has 1 saturated heterocycles. The molecule has 0 saturated carbocycles. The highest BCUT2D eigenvalue weighted by Gasteiger charge is 2.27. The van der Waals surface area contributed by atoms with Crippen LogP contribution in [0.15, 0.2) is 48.5 Å². The Morgan fingerprint density at radius 2 is 1.74 bits per heavy atom. The lowest BCUT2D eigenvalue weighted by molar-refractivity contribution is 0.0503. The Kier molecular flexibility index (Phi) is 7.24.